The van der Waals surface area contributed by atoms with Crippen LogP contribution < -0.4 is 0 Å². The zero-order valence-electron chi connectivity index (χ0n) is 6.41. The second kappa shape index (κ2) is 2.35. The molecular formula is C10H9N. The lowest BCUT2D eigenvalue weighted by Gasteiger charge is -1.96. The van der Waals surface area contributed by atoms with Gasteiger partial charge in [0.25, 0.3) is 0 Å². The van der Waals surface area contributed by atoms with Crippen LogP contribution in [0.2, 0.25) is 0 Å². The second-order valence-electron chi connectivity index (χ2n) is 2.73. The van der Waals surface area contributed by atoms with Crippen molar-refractivity contribution in [2.24, 2.45) is 0 Å². The van der Waals surface area contributed by atoms with Gasteiger partial charge in [0.15, 0.2) is 0 Å². The Balaban J connectivity index is 2.83. The molecule has 0 saturated carbocycles. The Labute approximate surface area is 65.7 Å². The number of fused-ring (bicyclic) bond motifs is 1. The topological polar surface area (TPSA) is 12.9 Å². The van der Waals surface area contributed by atoms with E-state index < -0.39 is 0 Å². The summed E-state index contributed by atoms with van der Waals surface area (Å²) in [6, 6.07) is 8.39. The number of hydrogen-bond donors (Lipinski definition) is 0. The lowest BCUT2D eigenvalue weighted by molar-refractivity contribution is 1.36. The third-order valence-electron chi connectivity index (χ3n) is 1.80. The number of aryl methyl sites for hydroxylation is 1. The van der Waals surface area contributed by atoms with Gasteiger partial charge in [0, 0.05) is 17.8 Å². The van der Waals surface area contributed by atoms with Crippen LogP contribution in [0.15, 0.2) is 36.7 Å². The van der Waals surface area contributed by atoms with Gasteiger partial charge in [-0.05, 0) is 18.4 Å². The number of hydrogen-bond acceptors (Lipinski definition) is 1. The Bertz CT molecular complexity index is 379. The fourth-order valence-corrected chi connectivity index (χ4v) is 1.20. The molecule has 1 aromatic heterocycles. The Hall–Kier alpha value is -1.37. The fourth-order valence-electron chi connectivity index (χ4n) is 1.20. The molecule has 2 rings (SSSR count). The third kappa shape index (κ3) is 1.09. The maximum atomic E-state index is 4.04. The van der Waals surface area contributed by atoms with Gasteiger partial charge >= 0.3 is 0 Å². The number of pyridine rings is 1. The van der Waals surface area contributed by atoms with Crippen molar-refractivity contribution in [3.63, 3.8) is 0 Å². The average Bonchev–Trinajstić information content (AvgIpc) is 2.04. The van der Waals surface area contributed by atoms with E-state index in [2.05, 4.69) is 30.1 Å². The van der Waals surface area contributed by atoms with Gasteiger partial charge < -0.3 is 0 Å². The Morgan fingerprint density at radius 1 is 1.09 bits per heavy atom. The summed E-state index contributed by atoms with van der Waals surface area (Å²) in [4.78, 5) is 4.04. The highest BCUT2D eigenvalue weighted by molar-refractivity contribution is 5.81. The maximum Gasteiger partial charge on any atom is 0.0346 e. The van der Waals surface area contributed by atoms with Crippen LogP contribution in [-0.2, 0) is 0 Å². The summed E-state index contributed by atoms with van der Waals surface area (Å²) in [5.41, 5.74) is 1.30. The Morgan fingerprint density at radius 2 is 2.00 bits per heavy atom. The molecule has 2 aromatic rings. The maximum absolute atomic E-state index is 4.04. The van der Waals surface area contributed by atoms with E-state index in [1.54, 1.807) is 0 Å². The molecule has 0 bridgehead atoms. The predicted octanol–water partition coefficient (Wildman–Crippen LogP) is 2.54. The van der Waals surface area contributed by atoms with Crippen molar-refractivity contribution in [2.45, 2.75) is 6.92 Å². The average molecular weight is 143 g/mol. The molecule has 0 aliphatic rings. The molecule has 1 aromatic carbocycles. The van der Waals surface area contributed by atoms with Crippen molar-refractivity contribution in [2.75, 3.05) is 0 Å². The number of nitrogens with zero attached hydrogens (tertiary/aromatic N) is 1. The molecule has 0 unspecified atom stereocenters. The lowest BCUT2D eigenvalue weighted by Crippen LogP contribution is -1.75. The first-order valence-electron chi connectivity index (χ1n) is 3.67. The molecule has 0 N–H and O–H groups in total. The molecule has 0 saturated heterocycles. The number of benzene rings is 1. The molecule has 0 aliphatic heterocycles. The van der Waals surface area contributed by atoms with Crippen molar-refractivity contribution < 1.29 is 0 Å². The van der Waals surface area contributed by atoms with E-state index in [0.29, 0.717) is 0 Å². The summed E-state index contributed by atoms with van der Waals surface area (Å²) in [7, 11) is 0. The molecule has 1 heteroatoms. The first-order chi connectivity index (χ1) is 5.36. The zero-order chi connectivity index (χ0) is 7.68. The summed E-state index contributed by atoms with van der Waals surface area (Å²) >= 11 is 0. The van der Waals surface area contributed by atoms with Crippen LogP contribution in [0, 0.1) is 6.92 Å². The first-order valence-corrected chi connectivity index (χ1v) is 3.67. The quantitative estimate of drug-likeness (QED) is 0.552. The van der Waals surface area contributed by atoms with E-state index >= 15 is 0 Å². The summed E-state index contributed by atoms with van der Waals surface area (Å²) < 4.78 is 0. The third-order valence-corrected chi connectivity index (χ3v) is 1.80. The normalized spacial score (nSPS) is 10.3. The molecule has 1 heterocycles. The molecule has 0 radical (unpaired) electrons. The van der Waals surface area contributed by atoms with E-state index in [4.69, 9.17) is 0 Å². The van der Waals surface area contributed by atoms with Gasteiger partial charge in [-0.15, -0.1) is 0 Å². The van der Waals surface area contributed by atoms with Gasteiger partial charge in [0.1, 0.15) is 0 Å². The molecule has 0 spiro atoms. The summed E-state index contributed by atoms with van der Waals surface area (Å²) in [6.07, 6.45) is 3.70. The van der Waals surface area contributed by atoms with Crippen LogP contribution in [0.25, 0.3) is 10.8 Å². The highest BCUT2D eigenvalue weighted by atomic mass is 14.6. The summed E-state index contributed by atoms with van der Waals surface area (Å²) in [6.45, 7) is 2.10. The van der Waals surface area contributed by atoms with Gasteiger partial charge in [0.05, 0.1) is 0 Å². The van der Waals surface area contributed by atoms with Crippen molar-refractivity contribution in [1.29, 1.82) is 0 Å². The molecule has 54 valence electrons. The summed E-state index contributed by atoms with van der Waals surface area (Å²) in [5, 5.41) is 2.47. The van der Waals surface area contributed by atoms with Crippen molar-refractivity contribution >= 4 is 10.8 Å². The highest BCUT2D eigenvalue weighted by Gasteiger charge is 1.90. The highest BCUT2D eigenvalue weighted by Crippen LogP contribution is 2.12. The van der Waals surface area contributed by atoms with Crippen LogP contribution >= 0.6 is 0 Å². The van der Waals surface area contributed by atoms with E-state index in [1.807, 2.05) is 18.5 Å². The molecule has 0 atom stereocenters. The van der Waals surface area contributed by atoms with Gasteiger partial charge in [-0.25, -0.2) is 0 Å². The van der Waals surface area contributed by atoms with Crippen LogP contribution in [0.5, 0.6) is 0 Å². The van der Waals surface area contributed by atoms with Crippen LogP contribution in [0.3, 0.4) is 0 Å². The zero-order valence-corrected chi connectivity index (χ0v) is 6.41. The molecule has 0 fully saturated rings. The van der Waals surface area contributed by atoms with Crippen molar-refractivity contribution in [3.8, 4) is 0 Å². The standard InChI is InChI=1S/C10H9N/c1-8-2-3-10-7-11-5-4-9(10)6-8/h2-7H,1H3. The minimum absolute atomic E-state index is 1.21. The number of rotatable bonds is 0. The lowest BCUT2D eigenvalue weighted by atomic mass is 10.1. The van der Waals surface area contributed by atoms with E-state index in [9.17, 15) is 0 Å². The molecule has 11 heavy (non-hydrogen) atoms. The van der Waals surface area contributed by atoms with E-state index in [-0.39, 0.29) is 0 Å². The van der Waals surface area contributed by atoms with Gasteiger partial charge in [-0.3, -0.25) is 4.98 Å². The largest absolute Gasteiger partial charge is 0.264 e. The molecular weight excluding hydrogens is 134 g/mol. The molecule has 0 amide bonds. The molecule has 1 nitrogen and oxygen atoms in total. The smallest absolute Gasteiger partial charge is 0.0346 e. The van der Waals surface area contributed by atoms with Gasteiger partial charge in [-0.1, -0.05) is 23.8 Å². The summed E-state index contributed by atoms with van der Waals surface area (Å²) in [5.74, 6) is 0. The Kier molecular flexibility index (Phi) is 1.35. The fraction of sp³-hybridized carbons (Fsp3) is 0.100. The van der Waals surface area contributed by atoms with E-state index in [0.717, 1.165) is 0 Å². The van der Waals surface area contributed by atoms with Crippen LogP contribution in [-0.4, -0.2) is 4.98 Å². The monoisotopic (exact) mass is 143 g/mol. The second-order valence-corrected chi connectivity index (χ2v) is 2.73. The predicted molar refractivity (Wildman–Crippen MR) is 46.5 cm³/mol. The molecule has 0 aliphatic carbocycles. The minimum Gasteiger partial charge on any atom is -0.264 e. The van der Waals surface area contributed by atoms with Gasteiger partial charge in [-0.2, -0.15) is 0 Å². The Morgan fingerprint density at radius 3 is 2.91 bits per heavy atom. The van der Waals surface area contributed by atoms with Crippen LogP contribution in [0.1, 0.15) is 5.56 Å². The minimum atomic E-state index is 1.21. The van der Waals surface area contributed by atoms with Gasteiger partial charge in [0.2, 0.25) is 0 Å². The SMILES string of the molecule is Cc1ccc2cnccc2c1. The van der Waals surface area contributed by atoms with Crippen molar-refractivity contribution in [3.05, 3.63) is 42.2 Å². The van der Waals surface area contributed by atoms with E-state index in [1.165, 1.54) is 16.3 Å². The van der Waals surface area contributed by atoms with Crippen molar-refractivity contribution in [1.82, 2.24) is 4.98 Å². The number of aromatic nitrogens is 1. The van der Waals surface area contributed by atoms with Crippen LogP contribution in [0.4, 0.5) is 0 Å². The first kappa shape index (κ1) is 6.35.